The lowest BCUT2D eigenvalue weighted by Crippen LogP contribution is -2.33. The number of hydrogen-bond donors (Lipinski definition) is 1. The van der Waals surface area contributed by atoms with Crippen LogP contribution in [0.4, 0.5) is 0 Å². The lowest BCUT2D eigenvalue weighted by atomic mass is 10.1. The fourth-order valence-electron chi connectivity index (χ4n) is 1.99. The van der Waals surface area contributed by atoms with Crippen LogP contribution in [0.25, 0.3) is 10.9 Å². The monoisotopic (exact) mass is 277 g/mol. The maximum Gasteiger partial charge on any atom is 0.231 e. The van der Waals surface area contributed by atoms with E-state index in [1.54, 1.807) is 0 Å². The number of nitrogens with zero attached hydrogens (tertiary/aromatic N) is 2. The highest BCUT2D eigenvalue weighted by Gasteiger charge is 2.11. The van der Waals surface area contributed by atoms with Gasteiger partial charge in [0.05, 0.1) is 12.1 Å². The summed E-state index contributed by atoms with van der Waals surface area (Å²) in [7, 11) is 0. The maximum absolute atomic E-state index is 11.0. The lowest BCUT2D eigenvalue weighted by Gasteiger charge is -2.19. The number of aromatic nitrogens is 1. The summed E-state index contributed by atoms with van der Waals surface area (Å²) in [6, 6.07) is 9.81. The minimum absolute atomic E-state index is 0.222. The van der Waals surface area contributed by atoms with E-state index in [4.69, 9.17) is 17.3 Å². The van der Waals surface area contributed by atoms with Crippen LogP contribution in [0.15, 0.2) is 30.3 Å². The van der Waals surface area contributed by atoms with Crippen LogP contribution in [-0.4, -0.2) is 28.9 Å². The number of nitrogens with two attached hydrogens (primary N) is 1. The van der Waals surface area contributed by atoms with Crippen molar-refractivity contribution in [2.45, 2.75) is 13.5 Å². The summed E-state index contributed by atoms with van der Waals surface area (Å²) in [6.07, 6.45) is 0. The van der Waals surface area contributed by atoms with E-state index in [9.17, 15) is 4.79 Å². The minimum atomic E-state index is -0.341. The summed E-state index contributed by atoms with van der Waals surface area (Å²) in [6.45, 7) is 3.49. The smallest absolute Gasteiger partial charge is 0.231 e. The van der Waals surface area contributed by atoms with E-state index in [-0.39, 0.29) is 12.5 Å². The van der Waals surface area contributed by atoms with E-state index in [2.05, 4.69) is 4.98 Å². The second-order valence-electron chi connectivity index (χ2n) is 4.40. The molecule has 19 heavy (non-hydrogen) atoms. The molecule has 1 heterocycles. The Hall–Kier alpha value is -1.65. The van der Waals surface area contributed by atoms with Gasteiger partial charge in [0, 0.05) is 17.5 Å². The van der Waals surface area contributed by atoms with Gasteiger partial charge in [-0.3, -0.25) is 9.69 Å². The third-order valence-electron chi connectivity index (χ3n) is 2.97. The van der Waals surface area contributed by atoms with E-state index in [0.29, 0.717) is 11.7 Å². The molecule has 2 aromatic rings. The van der Waals surface area contributed by atoms with Crippen LogP contribution < -0.4 is 5.73 Å². The van der Waals surface area contributed by atoms with Crippen molar-refractivity contribution in [3.63, 3.8) is 0 Å². The normalized spacial score (nSPS) is 11.1. The van der Waals surface area contributed by atoms with Crippen molar-refractivity contribution in [1.82, 2.24) is 9.88 Å². The summed E-state index contributed by atoms with van der Waals surface area (Å²) >= 11 is 6.19. The number of pyridine rings is 1. The maximum atomic E-state index is 11.0. The molecule has 4 nitrogen and oxygen atoms in total. The second kappa shape index (κ2) is 5.99. The standard InChI is InChI=1S/C14H16ClN3O/c1-2-18(9-13(16)19)8-11-7-10-5-3-4-6-12(10)17-14(11)15/h3-7H,2,8-9H2,1H3,(H2,16,19). The van der Waals surface area contributed by atoms with Gasteiger partial charge >= 0.3 is 0 Å². The largest absolute Gasteiger partial charge is 0.369 e. The van der Waals surface area contributed by atoms with Gasteiger partial charge in [-0.2, -0.15) is 0 Å². The van der Waals surface area contributed by atoms with Gasteiger partial charge in [-0.05, 0) is 18.7 Å². The Morgan fingerprint density at radius 2 is 2.16 bits per heavy atom. The molecular formula is C14H16ClN3O. The van der Waals surface area contributed by atoms with Gasteiger partial charge in [0.2, 0.25) is 5.91 Å². The molecule has 0 spiro atoms. The Labute approximate surface area is 117 Å². The van der Waals surface area contributed by atoms with Gasteiger partial charge in [-0.15, -0.1) is 0 Å². The fraction of sp³-hybridized carbons (Fsp3) is 0.286. The molecule has 0 radical (unpaired) electrons. The molecule has 5 heteroatoms. The van der Waals surface area contributed by atoms with Gasteiger partial charge in [-0.25, -0.2) is 4.98 Å². The van der Waals surface area contributed by atoms with Crippen LogP contribution in [0.2, 0.25) is 5.15 Å². The SMILES string of the molecule is CCN(CC(N)=O)Cc1cc2ccccc2nc1Cl. The number of halogens is 1. The highest BCUT2D eigenvalue weighted by molar-refractivity contribution is 6.30. The van der Waals surface area contributed by atoms with Crippen molar-refractivity contribution in [1.29, 1.82) is 0 Å². The van der Waals surface area contributed by atoms with Gasteiger partial charge < -0.3 is 5.73 Å². The van der Waals surface area contributed by atoms with Crippen LogP contribution in [0.3, 0.4) is 0 Å². The van der Waals surface area contributed by atoms with E-state index in [0.717, 1.165) is 23.0 Å². The first-order valence-electron chi connectivity index (χ1n) is 6.15. The highest BCUT2D eigenvalue weighted by atomic mass is 35.5. The molecule has 1 aromatic carbocycles. The molecular weight excluding hydrogens is 262 g/mol. The Bertz CT molecular complexity index is 600. The first-order chi connectivity index (χ1) is 9.10. The van der Waals surface area contributed by atoms with Gasteiger partial charge in [0.15, 0.2) is 0 Å². The van der Waals surface area contributed by atoms with Crippen LogP contribution in [0.1, 0.15) is 12.5 Å². The Morgan fingerprint density at radius 3 is 2.84 bits per heavy atom. The zero-order valence-corrected chi connectivity index (χ0v) is 11.5. The van der Waals surface area contributed by atoms with Crippen molar-refractivity contribution >= 4 is 28.4 Å². The molecule has 0 bridgehead atoms. The van der Waals surface area contributed by atoms with Crippen molar-refractivity contribution in [3.05, 3.63) is 41.0 Å². The zero-order chi connectivity index (χ0) is 13.8. The number of likely N-dealkylation sites (N-methyl/N-ethyl adjacent to an activating group) is 1. The molecule has 2 rings (SSSR count). The molecule has 0 aliphatic carbocycles. The van der Waals surface area contributed by atoms with Crippen LogP contribution in [0.5, 0.6) is 0 Å². The number of primary amides is 1. The number of carbonyl (C=O) groups excluding carboxylic acids is 1. The Balaban J connectivity index is 2.28. The van der Waals surface area contributed by atoms with E-state index < -0.39 is 0 Å². The Kier molecular flexibility index (Phi) is 4.35. The van der Waals surface area contributed by atoms with E-state index >= 15 is 0 Å². The van der Waals surface area contributed by atoms with Crippen LogP contribution in [-0.2, 0) is 11.3 Å². The molecule has 0 aliphatic rings. The number of carbonyl (C=O) groups is 1. The van der Waals surface area contributed by atoms with Gasteiger partial charge in [0.1, 0.15) is 5.15 Å². The first kappa shape index (κ1) is 13.8. The topological polar surface area (TPSA) is 59.2 Å². The van der Waals surface area contributed by atoms with Crippen molar-refractivity contribution in [2.75, 3.05) is 13.1 Å². The summed E-state index contributed by atoms with van der Waals surface area (Å²) in [4.78, 5) is 17.3. The van der Waals surface area contributed by atoms with Crippen LogP contribution in [0, 0.1) is 0 Å². The van der Waals surface area contributed by atoms with E-state index in [1.165, 1.54) is 0 Å². The van der Waals surface area contributed by atoms with Gasteiger partial charge in [0.25, 0.3) is 0 Å². The molecule has 1 aromatic heterocycles. The number of para-hydroxylation sites is 1. The number of fused-ring (bicyclic) bond motifs is 1. The molecule has 1 amide bonds. The van der Waals surface area contributed by atoms with Crippen LogP contribution >= 0.6 is 11.6 Å². The van der Waals surface area contributed by atoms with Crippen molar-refractivity contribution in [3.8, 4) is 0 Å². The number of hydrogen-bond acceptors (Lipinski definition) is 3. The molecule has 100 valence electrons. The molecule has 0 saturated heterocycles. The average molecular weight is 278 g/mol. The summed E-state index contributed by atoms with van der Waals surface area (Å²) in [5.74, 6) is -0.341. The summed E-state index contributed by atoms with van der Waals surface area (Å²) < 4.78 is 0. The lowest BCUT2D eigenvalue weighted by molar-refractivity contribution is -0.119. The van der Waals surface area contributed by atoms with Crippen molar-refractivity contribution in [2.24, 2.45) is 5.73 Å². The average Bonchev–Trinajstić information content (AvgIpc) is 2.38. The zero-order valence-electron chi connectivity index (χ0n) is 10.8. The molecule has 0 aliphatic heterocycles. The first-order valence-corrected chi connectivity index (χ1v) is 6.52. The third-order valence-corrected chi connectivity index (χ3v) is 3.30. The third kappa shape index (κ3) is 3.43. The highest BCUT2D eigenvalue weighted by Crippen LogP contribution is 2.21. The molecule has 0 saturated carbocycles. The fourth-order valence-corrected chi connectivity index (χ4v) is 2.19. The second-order valence-corrected chi connectivity index (χ2v) is 4.76. The summed E-state index contributed by atoms with van der Waals surface area (Å²) in [5, 5.41) is 1.51. The molecule has 2 N–H and O–H groups in total. The molecule has 0 fully saturated rings. The predicted octanol–water partition coefficient (Wildman–Crippen LogP) is 2.20. The van der Waals surface area contributed by atoms with E-state index in [1.807, 2.05) is 42.2 Å². The Morgan fingerprint density at radius 1 is 1.42 bits per heavy atom. The quantitative estimate of drug-likeness (QED) is 0.853. The molecule has 0 unspecified atom stereocenters. The number of rotatable bonds is 5. The van der Waals surface area contributed by atoms with Gasteiger partial charge in [-0.1, -0.05) is 36.7 Å². The predicted molar refractivity (Wildman–Crippen MR) is 76.9 cm³/mol. The number of amides is 1. The number of benzene rings is 1. The minimum Gasteiger partial charge on any atom is -0.369 e. The van der Waals surface area contributed by atoms with Crippen molar-refractivity contribution < 1.29 is 4.79 Å². The molecule has 0 atom stereocenters. The summed E-state index contributed by atoms with van der Waals surface area (Å²) in [5.41, 5.74) is 7.00.